The zero-order valence-electron chi connectivity index (χ0n) is 21.7. The molecule has 0 unspecified atom stereocenters. The molecule has 1 amide bonds. The first-order valence-corrected chi connectivity index (χ1v) is 13.4. The van der Waals surface area contributed by atoms with E-state index in [0.717, 1.165) is 80.5 Å². The number of carbonyl (C=O) groups excluding carboxylic acids is 1. The first-order valence-electron chi connectivity index (χ1n) is 13.4. The molecule has 2 fully saturated rings. The topological polar surface area (TPSA) is 58.6 Å². The van der Waals surface area contributed by atoms with Gasteiger partial charge in [0.15, 0.2) is 0 Å². The Morgan fingerprint density at radius 1 is 0.892 bits per heavy atom. The Balaban J connectivity index is 1.05. The SMILES string of the molecule is Cc1cc(C)nc(N2CCC(C(=O)N3CCC4(C=Cc5cc(-c6ccccc6)ccc5O4)CC3)CC2)n1. The van der Waals surface area contributed by atoms with Crippen LogP contribution in [0.3, 0.4) is 0 Å². The molecule has 1 spiro atoms. The molecule has 4 heterocycles. The van der Waals surface area contributed by atoms with Crippen LogP contribution in [0.25, 0.3) is 17.2 Å². The Morgan fingerprint density at radius 2 is 1.59 bits per heavy atom. The third-order valence-electron chi connectivity index (χ3n) is 8.02. The van der Waals surface area contributed by atoms with Gasteiger partial charge in [-0.15, -0.1) is 0 Å². The lowest BCUT2D eigenvalue weighted by molar-refractivity contribution is -0.139. The molecule has 6 nitrogen and oxygen atoms in total. The van der Waals surface area contributed by atoms with Gasteiger partial charge in [0.05, 0.1) is 0 Å². The van der Waals surface area contributed by atoms with Crippen LogP contribution in [0.15, 0.2) is 60.7 Å². The zero-order chi connectivity index (χ0) is 25.4. The molecule has 1 aromatic heterocycles. The van der Waals surface area contributed by atoms with Gasteiger partial charge < -0.3 is 14.5 Å². The molecule has 0 saturated carbocycles. The van der Waals surface area contributed by atoms with Crippen LogP contribution in [0, 0.1) is 19.8 Å². The van der Waals surface area contributed by atoms with Crippen LogP contribution in [0.5, 0.6) is 5.75 Å². The lowest BCUT2D eigenvalue weighted by Crippen LogP contribution is -2.51. The smallest absolute Gasteiger partial charge is 0.225 e. The van der Waals surface area contributed by atoms with Crippen molar-refractivity contribution >= 4 is 17.9 Å². The molecule has 0 radical (unpaired) electrons. The summed E-state index contributed by atoms with van der Waals surface area (Å²) in [5.41, 5.74) is 5.17. The number of anilines is 1. The third-order valence-corrected chi connectivity index (χ3v) is 8.02. The third kappa shape index (κ3) is 4.85. The van der Waals surface area contributed by atoms with Gasteiger partial charge in [-0.1, -0.05) is 42.5 Å². The van der Waals surface area contributed by atoms with Gasteiger partial charge in [-0.2, -0.15) is 0 Å². The Labute approximate surface area is 219 Å². The standard InChI is InChI=1S/C31H34N4O2/c1-22-20-23(2)33-30(32-22)35-16-11-25(12-17-35)29(36)34-18-14-31(15-19-34)13-10-27-21-26(8-9-28(27)37-31)24-6-4-3-5-7-24/h3-10,13,20-21,25H,11-12,14-19H2,1-2H3. The largest absolute Gasteiger partial charge is 0.482 e. The molecule has 190 valence electrons. The number of amides is 1. The summed E-state index contributed by atoms with van der Waals surface area (Å²) in [5, 5.41) is 0. The molecular formula is C31H34N4O2. The van der Waals surface area contributed by atoms with Crippen LogP contribution in [-0.4, -0.2) is 52.6 Å². The quantitative estimate of drug-likeness (QED) is 0.485. The van der Waals surface area contributed by atoms with E-state index in [-0.39, 0.29) is 11.5 Å². The number of hydrogen-bond donors (Lipinski definition) is 0. The van der Waals surface area contributed by atoms with Gasteiger partial charge in [0.25, 0.3) is 0 Å². The number of aryl methyl sites for hydroxylation is 2. The number of hydrogen-bond acceptors (Lipinski definition) is 5. The van der Waals surface area contributed by atoms with Gasteiger partial charge in [-0.05, 0) is 62.1 Å². The minimum Gasteiger partial charge on any atom is -0.482 e. The molecule has 6 heteroatoms. The van der Waals surface area contributed by atoms with Crippen LogP contribution in [0.2, 0.25) is 0 Å². The van der Waals surface area contributed by atoms with E-state index < -0.39 is 0 Å². The minimum atomic E-state index is -0.318. The van der Waals surface area contributed by atoms with E-state index in [0.29, 0.717) is 5.91 Å². The monoisotopic (exact) mass is 494 g/mol. The number of nitrogens with zero attached hydrogens (tertiary/aromatic N) is 4. The van der Waals surface area contributed by atoms with Crippen molar-refractivity contribution in [3.8, 4) is 16.9 Å². The molecule has 6 rings (SSSR count). The number of carbonyl (C=O) groups is 1. The van der Waals surface area contributed by atoms with Gasteiger partial charge in [0, 0.05) is 61.9 Å². The number of aromatic nitrogens is 2. The highest BCUT2D eigenvalue weighted by atomic mass is 16.5. The number of likely N-dealkylation sites (tertiary alicyclic amines) is 1. The summed E-state index contributed by atoms with van der Waals surface area (Å²) in [4.78, 5) is 26.8. The van der Waals surface area contributed by atoms with Gasteiger partial charge >= 0.3 is 0 Å². The van der Waals surface area contributed by atoms with E-state index in [4.69, 9.17) is 4.74 Å². The zero-order valence-corrected chi connectivity index (χ0v) is 21.7. The van der Waals surface area contributed by atoms with Crippen molar-refractivity contribution in [3.63, 3.8) is 0 Å². The minimum absolute atomic E-state index is 0.0798. The number of piperidine rings is 2. The van der Waals surface area contributed by atoms with Crippen LogP contribution < -0.4 is 9.64 Å². The predicted octanol–water partition coefficient (Wildman–Crippen LogP) is 5.44. The molecule has 3 aliphatic rings. The summed E-state index contributed by atoms with van der Waals surface area (Å²) in [5.74, 6) is 2.10. The lowest BCUT2D eigenvalue weighted by Gasteiger charge is -2.43. The maximum absolute atomic E-state index is 13.4. The Morgan fingerprint density at radius 3 is 2.30 bits per heavy atom. The first kappa shape index (κ1) is 23.7. The second-order valence-electron chi connectivity index (χ2n) is 10.7. The fourth-order valence-electron chi connectivity index (χ4n) is 5.88. The molecule has 0 aliphatic carbocycles. The second-order valence-corrected chi connectivity index (χ2v) is 10.7. The van der Waals surface area contributed by atoms with Crippen molar-refractivity contribution in [3.05, 3.63) is 77.6 Å². The average molecular weight is 495 g/mol. The fourth-order valence-corrected chi connectivity index (χ4v) is 5.88. The van der Waals surface area contributed by atoms with Crippen LogP contribution >= 0.6 is 0 Å². The van der Waals surface area contributed by atoms with E-state index in [2.05, 4.69) is 74.4 Å². The highest BCUT2D eigenvalue weighted by molar-refractivity contribution is 5.79. The number of rotatable bonds is 3. The van der Waals surface area contributed by atoms with E-state index in [1.165, 1.54) is 11.1 Å². The van der Waals surface area contributed by atoms with Crippen molar-refractivity contribution in [2.75, 3.05) is 31.1 Å². The maximum atomic E-state index is 13.4. The average Bonchev–Trinajstić information content (AvgIpc) is 2.93. The lowest BCUT2D eigenvalue weighted by atomic mass is 9.86. The molecule has 3 aromatic rings. The second kappa shape index (κ2) is 9.66. The predicted molar refractivity (Wildman–Crippen MR) is 147 cm³/mol. The van der Waals surface area contributed by atoms with Crippen molar-refractivity contribution < 1.29 is 9.53 Å². The van der Waals surface area contributed by atoms with Crippen molar-refractivity contribution in [2.45, 2.75) is 45.1 Å². The van der Waals surface area contributed by atoms with E-state index in [9.17, 15) is 4.79 Å². The van der Waals surface area contributed by atoms with Crippen molar-refractivity contribution in [2.24, 2.45) is 5.92 Å². The van der Waals surface area contributed by atoms with Crippen molar-refractivity contribution in [1.82, 2.24) is 14.9 Å². The van der Waals surface area contributed by atoms with E-state index in [1.54, 1.807) is 0 Å². The molecule has 0 atom stereocenters. The molecular weight excluding hydrogens is 460 g/mol. The van der Waals surface area contributed by atoms with E-state index in [1.807, 2.05) is 26.0 Å². The highest BCUT2D eigenvalue weighted by Gasteiger charge is 2.39. The van der Waals surface area contributed by atoms with Gasteiger partial charge in [-0.3, -0.25) is 4.79 Å². The summed E-state index contributed by atoms with van der Waals surface area (Å²) in [6.45, 7) is 7.13. The molecule has 37 heavy (non-hydrogen) atoms. The Kier molecular flexibility index (Phi) is 6.19. The molecule has 0 N–H and O–H groups in total. The van der Waals surface area contributed by atoms with E-state index >= 15 is 0 Å². The number of fused-ring (bicyclic) bond motifs is 1. The van der Waals surface area contributed by atoms with Crippen LogP contribution in [0.1, 0.15) is 42.6 Å². The molecule has 2 saturated heterocycles. The van der Waals surface area contributed by atoms with Crippen LogP contribution in [0.4, 0.5) is 5.95 Å². The molecule has 3 aliphatic heterocycles. The van der Waals surface area contributed by atoms with Crippen molar-refractivity contribution in [1.29, 1.82) is 0 Å². The summed E-state index contributed by atoms with van der Waals surface area (Å²) >= 11 is 0. The fraction of sp³-hybridized carbons (Fsp3) is 0.387. The molecule has 0 bridgehead atoms. The van der Waals surface area contributed by atoms with Gasteiger partial charge in [-0.25, -0.2) is 9.97 Å². The maximum Gasteiger partial charge on any atom is 0.225 e. The van der Waals surface area contributed by atoms with Gasteiger partial charge in [0.1, 0.15) is 11.4 Å². The first-order chi connectivity index (χ1) is 18.0. The normalized spacial score (nSPS) is 19.0. The number of ether oxygens (including phenoxy) is 1. The summed E-state index contributed by atoms with van der Waals surface area (Å²) in [7, 11) is 0. The van der Waals surface area contributed by atoms with Crippen LogP contribution in [-0.2, 0) is 4.79 Å². The Hall–Kier alpha value is -3.67. The molecule has 2 aromatic carbocycles. The summed E-state index contributed by atoms with van der Waals surface area (Å²) in [6, 6.07) is 18.8. The summed E-state index contributed by atoms with van der Waals surface area (Å²) in [6.07, 6.45) is 7.77. The Bertz CT molecular complexity index is 1300. The summed E-state index contributed by atoms with van der Waals surface area (Å²) < 4.78 is 6.56. The van der Waals surface area contributed by atoms with Gasteiger partial charge in [0.2, 0.25) is 11.9 Å². The number of benzene rings is 2. The highest BCUT2D eigenvalue weighted by Crippen LogP contribution is 2.39.